The van der Waals surface area contributed by atoms with E-state index in [4.69, 9.17) is 7.49 Å². The SMILES string of the molecule is [B]=CN1CCN(Cc2ccccc2)CC(F)C1. The first-order chi connectivity index (χ1) is 8.28. The number of alkyl halides is 1. The fourth-order valence-electron chi connectivity index (χ4n) is 2.17. The molecule has 1 radical (unpaired) electrons. The Morgan fingerprint density at radius 3 is 2.71 bits per heavy atom. The number of rotatable bonds is 3. The Kier molecular flexibility index (Phi) is 4.32. The van der Waals surface area contributed by atoms with Crippen LogP contribution in [0.2, 0.25) is 0 Å². The molecule has 1 aliphatic heterocycles. The van der Waals surface area contributed by atoms with Crippen LogP contribution >= 0.6 is 0 Å². The van der Waals surface area contributed by atoms with E-state index >= 15 is 0 Å². The molecule has 0 saturated carbocycles. The van der Waals surface area contributed by atoms with E-state index in [0.29, 0.717) is 13.1 Å². The molecule has 1 fully saturated rings. The third-order valence-corrected chi connectivity index (χ3v) is 3.05. The van der Waals surface area contributed by atoms with Gasteiger partial charge in [-0.05, 0) is 0 Å². The molecule has 2 nitrogen and oxygen atoms in total. The summed E-state index contributed by atoms with van der Waals surface area (Å²) in [7, 11) is 5.45. The molecule has 1 heterocycles. The Morgan fingerprint density at radius 2 is 2.00 bits per heavy atom. The van der Waals surface area contributed by atoms with Crippen molar-refractivity contribution in [2.24, 2.45) is 0 Å². The fourth-order valence-corrected chi connectivity index (χ4v) is 2.17. The standard InChI is InChI=1S/C13H17BFN2/c14-11-17-7-6-16(9-13(15)10-17)8-12-4-2-1-3-5-12/h1-5,11,13H,6-10H2. The van der Waals surface area contributed by atoms with Crippen molar-refractivity contribution in [3.63, 3.8) is 0 Å². The zero-order valence-electron chi connectivity index (χ0n) is 9.93. The average molecular weight is 231 g/mol. The van der Waals surface area contributed by atoms with E-state index in [1.165, 1.54) is 11.7 Å². The molecule has 0 N–H and O–H groups in total. The van der Waals surface area contributed by atoms with Gasteiger partial charge in [0.05, 0.1) is 0 Å². The molecule has 17 heavy (non-hydrogen) atoms. The summed E-state index contributed by atoms with van der Waals surface area (Å²) in [6.07, 6.45) is 0.652. The minimum atomic E-state index is -0.832. The van der Waals surface area contributed by atoms with Crippen molar-refractivity contribution in [2.45, 2.75) is 12.7 Å². The number of benzene rings is 1. The van der Waals surface area contributed by atoms with E-state index in [0.717, 1.165) is 19.6 Å². The first-order valence-electron chi connectivity index (χ1n) is 5.97. The molecule has 1 saturated heterocycles. The van der Waals surface area contributed by atoms with E-state index in [9.17, 15) is 4.39 Å². The summed E-state index contributed by atoms with van der Waals surface area (Å²) in [5, 5.41) is 0. The molecule has 0 bridgehead atoms. The molecule has 0 aromatic heterocycles. The van der Waals surface area contributed by atoms with Crippen molar-refractivity contribution < 1.29 is 4.39 Å². The third kappa shape index (κ3) is 3.67. The van der Waals surface area contributed by atoms with Crippen molar-refractivity contribution in [1.82, 2.24) is 9.80 Å². The topological polar surface area (TPSA) is 6.48 Å². The average Bonchev–Trinajstić information content (AvgIpc) is 2.52. The van der Waals surface area contributed by atoms with Gasteiger partial charge < -0.3 is 0 Å². The van der Waals surface area contributed by atoms with Gasteiger partial charge in [0.2, 0.25) is 0 Å². The van der Waals surface area contributed by atoms with Crippen molar-refractivity contribution in [1.29, 1.82) is 0 Å². The molecule has 1 aromatic carbocycles. The van der Waals surface area contributed by atoms with Gasteiger partial charge in [0.1, 0.15) is 0 Å². The Balaban J connectivity index is 1.95. The van der Waals surface area contributed by atoms with E-state index in [2.05, 4.69) is 17.0 Å². The van der Waals surface area contributed by atoms with Crippen LogP contribution in [0.1, 0.15) is 5.56 Å². The van der Waals surface area contributed by atoms with Crippen LogP contribution in [0.4, 0.5) is 4.39 Å². The second-order valence-electron chi connectivity index (χ2n) is 4.46. The van der Waals surface area contributed by atoms with E-state index in [-0.39, 0.29) is 0 Å². The molecule has 1 unspecified atom stereocenters. The van der Waals surface area contributed by atoms with Crippen LogP contribution in [0.3, 0.4) is 0 Å². The third-order valence-electron chi connectivity index (χ3n) is 3.05. The van der Waals surface area contributed by atoms with Crippen LogP contribution in [-0.2, 0) is 6.54 Å². The van der Waals surface area contributed by atoms with Crippen molar-refractivity contribution in [2.75, 3.05) is 26.2 Å². The second-order valence-corrected chi connectivity index (χ2v) is 4.46. The molecular formula is C13H17BFN2. The van der Waals surface area contributed by atoms with Gasteiger partial charge in [0, 0.05) is 0 Å². The zero-order valence-corrected chi connectivity index (χ0v) is 9.93. The minimum absolute atomic E-state index is 0.405. The Labute approximate surface area is 103 Å². The number of hydrogen-bond donors (Lipinski definition) is 0. The molecule has 1 atom stereocenters. The van der Waals surface area contributed by atoms with Crippen LogP contribution in [0.15, 0.2) is 30.3 Å². The predicted molar refractivity (Wildman–Crippen MR) is 70.0 cm³/mol. The molecular weight excluding hydrogens is 214 g/mol. The normalized spacial score (nSPS) is 22.1. The van der Waals surface area contributed by atoms with Gasteiger partial charge in [-0.3, -0.25) is 0 Å². The Hall–Kier alpha value is -1.16. The summed E-state index contributed by atoms with van der Waals surface area (Å²) in [5.41, 5.74) is 1.23. The van der Waals surface area contributed by atoms with Crippen LogP contribution in [-0.4, -0.2) is 55.7 Å². The summed E-state index contributed by atoms with van der Waals surface area (Å²) < 4.78 is 13.7. The van der Waals surface area contributed by atoms with Crippen LogP contribution < -0.4 is 0 Å². The molecule has 0 aliphatic carbocycles. The Bertz CT molecular complexity index is 358. The van der Waals surface area contributed by atoms with Crippen LogP contribution in [0.25, 0.3) is 0 Å². The predicted octanol–water partition coefficient (Wildman–Crippen LogP) is 1.07. The van der Waals surface area contributed by atoms with Crippen molar-refractivity contribution >= 4 is 13.6 Å². The van der Waals surface area contributed by atoms with Crippen LogP contribution in [0, 0.1) is 0 Å². The summed E-state index contributed by atoms with van der Waals surface area (Å²) in [5.74, 6) is 0. The number of hydrogen-bond acceptors (Lipinski definition) is 2. The monoisotopic (exact) mass is 231 g/mol. The first-order valence-corrected chi connectivity index (χ1v) is 5.97. The molecule has 4 heteroatoms. The number of halogens is 1. The molecule has 89 valence electrons. The maximum atomic E-state index is 13.7. The summed E-state index contributed by atoms with van der Waals surface area (Å²) in [6, 6.07) is 10.2. The van der Waals surface area contributed by atoms with E-state index in [1.54, 1.807) is 0 Å². The quantitative estimate of drug-likeness (QED) is 0.718. The first kappa shape index (κ1) is 12.3. The van der Waals surface area contributed by atoms with Crippen LogP contribution in [0.5, 0.6) is 0 Å². The molecule has 1 aliphatic rings. The summed E-state index contributed by atoms with van der Waals surface area (Å²) >= 11 is 0. The van der Waals surface area contributed by atoms with Crippen molar-refractivity contribution in [3.05, 3.63) is 35.9 Å². The Morgan fingerprint density at radius 1 is 1.24 bits per heavy atom. The molecule has 0 amide bonds. The molecule has 0 spiro atoms. The van der Waals surface area contributed by atoms with E-state index in [1.807, 2.05) is 23.1 Å². The zero-order chi connectivity index (χ0) is 12.1. The van der Waals surface area contributed by atoms with Gasteiger partial charge in [-0.1, -0.05) is 0 Å². The van der Waals surface area contributed by atoms with Gasteiger partial charge in [0.25, 0.3) is 0 Å². The van der Waals surface area contributed by atoms with Gasteiger partial charge in [0.15, 0.2) is 0 Å². The number of nitrogens with zero attached hydrogens (tertiary/aromatic N) is 2. The second kappa shape index (κ2) is 5.96. The van der Waals surface area contributed by atoms with Crippen molar-refractivity contribution in [3.8, 4) is 0 Å². The van der Waals surface area contributed by atoms with Gasteiger partial charge in [-0.15, -0.1) is 0 Å². The fraction of sp³-hybridized carbons (Fsp3) is 0.462. The van der Waals surface area contributed by atoms with E-state index < -0.39 is 6.17 Å². The molecule has 2 rings (SSSR count). The van der Waals surface area contributed by atoms with Gasteiger partial charge in [-0.2, -0.15) is 0 Å². The van der Waals surface area contributed by atoms with Gasteiger partial charge >= 0.3 is 103 Å². The molecule has 1 aromatic rings. The van der Waals surface area contributed by atoms with Gasteiger partial charge in [-0.25, -0.2) is 0 Å². The summed E-state index contributed by atoms with van der Waals surface area (Å²) in [4.78, 5) is 3.99. The maximum absolute atomic E-state index is 13.7. The summed E-state index contributed by atoms with van der Waals surface area (Å²) in [6.45, 7) is 3.34.